The first kappa shape index (κ1) is 14.1. The summed E-state index contributed by atoms with van der Waals surface area (Å²) in [6, 6.07) is 3.80. The lowest BCUT2D eigenvalue weighted by Gasteiger charge is -2.24. The molecule has 1 aromatic carbocycles. The minimum absolute atomic E-state index is 0.0975. The zero-order chi connectivity index (χ0) is 13.0. The van der Waals surface area contributed by atoms with Crippen molar-refractivity contribution < 1.29 is 13.9 Å². The second kappa shape index (κ2) is 6.07. The molecule has 0 aliphatic rings. The van der Waals surface area contributed by atoms with Crippen LogP contribution in [0.4, 0.5) is 8.78 Å². The van der Waals surface area contributed by atoms with Gasteiger partial charge in [0.15, 0.2) is 11.6 Å². The second-order valence-electron chi connectivity index (χ2n) is 4.65. The first-order chi connectivity index (χ1) is 7.91. The molecule has 2 nitrogen and oxygen atoms in total. The molecule has 2 N–H and O–H groups in total. The molecule has 0 unspecified atom stereocenters. The van der Waals surface area contributed by atoms with Crippen LogP contribution < -0.4 is 5.32 Å². The lowest BCUT2D eigenvalue weighted by atomic mass is 9.95. The summed E-state index contributed by atoms with van der Waals surface area (Å²) in [7, 11) is 0. The third-order valence-corrected chi connectivity index (χ3v) is 2.60. The number of hydrogen-bond donors (Lipinski definition) is 2. The van der Waals surface area contributed by atoms with Gasteiger partial charge in [0.2, 0.25) is 0 Å². The number of nitrogens with one attached hydrogen (secondary N) is 1. The standard InChI is InChI=1S/C13H19F2NO/c1-8(2)13(16-7-9(3)17)10-4-5-11(14)12(15)6-10/h4-6,8-9,13,16-17H,7H2,1-3H3/t9-,13+/m1/s1. The summed E-state index contributed by atoms with van der Waals surface area (Å²) in [4.78, 5) is 0. The minimum atomic E-state index is -0.841. The molecule has 4 heteroatoms. The number of rotatable bonds is 5. The van der Waals surface area contributed by atoms with Gasteiger partial charge in [-0.2, -0.15) is 0 Å². The summed E-state index contributed by atoms with van der Waals surface area (Å²) in [6.45, 7) is 6.07. The van der Waals surface area contributed by atoms with Crippen LogP contribution in [0.15, 0.2) is 18.2 Å². The van der Waals surface area contributed by atoms with Gasteiger partial charge in [-0.05, 0) is 30.5 Å². The van der Waals surface area contributed by atoms with Crippen LogP contribution >= 0.6 is 0 Å². The van der Waals surface area contributed by atoms with Gasteiger partial charge in [0.05, 0.1) is 6.10 Å². The van der Waals surface area contributed by atoms with Crippen LogP contribution in [0.2, 0.25) is 0 Å². The van der Waals surface area contributed by atoms with Crippen LogP contribution in [-0.2, 0) is 0 Å². The van der Waals surface area contributed by atoms with E-state index in [-0.39, 0.29) is 12.0 Å². The van der Waals surface area contributed by atoms with Crippen molar-refractivity contribution in [1.29, 1.82) is 0 Å². The van der Waals surface area contributed by atoms with E-state index in [1.165, 1.54) is 6.07 Å². The summed E-state index contributed by atoms with van der Waals surface area (Å²) >= 11 is 0. The van der Waals surface area contributed by atoms with Crippen molar-refractivity contribution >= 4 is 0 Å². The SMILES string of the molecule is CC(C)[C@H](NC[C@@H](C)O)c1ccc(F)c(F)c1. The number of halogens is 2. The minimum Gasteiger partial charge on any atom is -0.392 e. The smallest absolute Gasteiger partial charge is 0.159 e. The number of aliphatic hydroxyl groups is 1. The molecule has 1 aromatic rings. The maximum absolute atomic E-state index is 13.1. The lowest BCUT2D eigenvalue weighted by Crippen LogP contribution is -2.31. The molecule has 0 fully saturated rings. The van der Waals surface area contributed by atoms with Crippen molar-refractivity contribution in [1.82, 2.24) is 5.32 Å². The molecule has 1 rings (SSSR count). The Kier molecular flexibility index (Phi) is 5.02. The third-order valence-electron chi connectivity index (χ3n) is 2.60. The lowest BCUT2D eigenvalue weighted by molar-refractivity contribution is 0.181. The fraction of sp³-hybridized carbons (Fsp3) is 0.538. The van der Waals surface area contributed by atoms with Gasteiger partial charge in [-0.1, -0.05) is 19.9 Å². The topological polar surface area (TPSA) is 32.3 Å². The highest BCUT2D eigenvalue weighted by Crippen LogP contribution is 2.23. The highest BCUT2D eigenvalue weighted by atomic mass is 19.2. The van der Waals surface area contributed by atoms with Crippen molar-refractivity contribution in [2.75, 3.05) is 6.54 Å². The summed E-state index contributed by atoms with van der Waals surface area (Å²) in [5, 5.41) is 12.4. The zero-order valence-corrected chi connectivity index (χ0v) is 10.4. The maximum atomic E-state index is 13.1. The highest BCUT2D eigenvalue weighted by Gasteiger charge is 2.17. The van der Waals surface area contributed by atoms with Crippen molar-refractivity contribution in [2.45, 2.75) is 32.9 Å². The van der Waals surface area contributed by atoms with Gasteiger partial charge in [-0.15, -0.1) is 0 Å². The Morgan fingerprint density at radius 2 is 1.82 bits per heavy atom. The van der Waals surface area contributed by atoms with Crippen LogP contribution in [-0.4, -0.2) is 17.8 Å². The van der Waals surface area contributed by atoms with E-state index in [2.05, 4.69) is 5.32 Å². The van der Waals surface area contributed by atoms with E-state index in [9.17, 15) is 13.9 Å². The second-order valence-corrected chi connectivity index (χ2v) is 4.65. The first-order valence-corrected chi connectivity index (χ1v) is 5.78. The molecule has 0 saturated carbocycles. The Morgan fingerprint density at radius 3 is 2.29 bits per heavy atom. The molecule has 0 amide bonds. The summed E-state index contributed by atoms with van der Waals surface area (Å²) < 4.78 is 26.0. The molecular formula is C13H19F2NO. The molecule has 2 atom stereocenters. The van der Waals surface area contributed by atoms with Gasteiger partial charge in [0.25, 0.3) is 0 Å². The van der Waals surface area contributed by atoms with E-state index in [0.29, 0.717) is 12.1 Å². The zero-order valence-electron chi connectivity index (χ0n) is 10.4. The molecule has 0 aliphatic heterocycles. The van der Waals surface area contributed by atoms with Crippen LogP contribution in [0.3, 0.4) is 0 Å². The third kappa shape index (κ3) is 4.06. The number of hydrogen-bond acceptors (Lipinski definition) is 2. The Labute approximate surface area is 101 Å². The van der Waals surface area contributed by atoms with E-state index >= 15 is 0 Å². The van der Waals surface area contributed by atoms with E-state index in [1.54, 1.807) is 13.0 Å². The van der Waals surface area contributed by atoms with Crippen LogP contribution in [0.1, 0.15) is 32.4 Å². The summed E-state index contributed by atoms with van der Waals surface area (Å²) in [5.41, 5.74) is 0.694. The molecular weight excluding hydrogens is 224 g/mol. The molecule has 0 heterocycles. The Hall–Kier alpha value is -1.00. The molecule has 17 heavy (non-hydrogen) atoms. The van der Waals surface area contributed by atoms with Gasteiger partial charge < -0.3 is 10.4 Å². The van der Waals surface area contributed by atoms with Crippen molar-refractivity contribution in [3.05, 3.63) is 35.4 Å². The Bertz CT molecular complexity index is 366. The number of benzene rings is 1. The van der Waals surface area contributed by atoms with Crippen LogP contribution in [0.5, 0.6) is 0 Å². The van der Waals surface area contributed by atoms with Gasteiger partial charge >= 0.3 is 0 Å². The molecule has 0 bridgehead atoms. The van der Waals surface area contributed by atoms with Gasteiger partial charge in [-0.3, -0.25) is 0 Å². The first-order valence-electron chi connectivity index (χ1n) is 5.78. The predicted octanol–water partition coefficient (Wildman–Crippen LogP) is 2.63. The fourth-order valence-corrected chi connectivity index (χ4v) is 1.74. The van der Waals surface area contributed by atoms with Crippen molar-refractivity contribution in [2.24, 2.45) is 5.92 Å². The Balaban J connectivity index is 2.85. The molecule has 96 valence electrons. The fourth-order valence-electron chi connectivity index (χ4n) is 1.74. The van der Waals surface area contributed by atoms with E-state index in [1.807, 2.05) is 13.8 Å². The predicted molar refractivity (Wildman–Crippen MR) is 63.6 cm³/mol. The molecule has 0 radical (unpaired) electrons. The average molecular weight is 243 g/mol. The van der Waals surface area contributed by atoms with Gasteiger partial charge in [0.1, 0.15) is 0 Å². The largest absolute Gasteiger partial charge is 0.392 e. The van der Waals surface area contributed by atoms with Crippen LogP contribution in [0.25, 0.3) is 0 Å². The van der Waals surface area contributed by atoms with E-state index < -0.39 is 17.7 Å². The Morgan fingerprint density at radius 1 is 1.18 bits per heavy atom. The molecule has 0 saturated heterocycles. The molecule has 0 spiro atoms. The van der Waals surface area contributed by atoms with E-state index in [0.717, 1.165) is 6.07 Å². The summed E-state index contributed by atoms with van der Waals surface area (Å²) in [5.74, 6) is -1.46. The number of aliphatic hydroxyl groups excluding tert-OH is 1. The van der Waals surface area contributed by atoms with E-state index in [4.69, 9.17) is 0 Å². The van der Waals surface area contributed by atoms with Crippen molar-refractivity contribution in [3.8, 4) is 0 Å². The normalized spacial score (nSPS) is 15.0. The highest BCUT2D eigenvalue weighted by molar-refractivity contribution is 5.21. The van der Waals surface area contributed by atoms with Crippen LogP contribution in [0, 0.1) is 17.6 Å². The monoisotopic (exact) mass is 243 g/mol. The molecule has 0 aromatic heterocycles. The molecule has 0 aliphatic carbocycles. The summed E-state index contributed by atoms with van der Waals surface area (Å²) in [6.07, 6.45) is -0.471. The van der Waals surface area contributed by atoms with Gasteiger partial charge in [-0.25, -0.2) is 8.78 Å². The average Bonchev–Trinajstić information content (AvgIpc) is 2.22. The van der Waals surface area contributed by atoms with Crippen molar-refractivity contribution in [3.63, 3.8) is 0 Å². The quantitative estimate of drug-likeness (QED) is 0.833. The maximum Gasteiger partial charge on any atom is 0.159 e. The van der Waals surface area contributed by atoms with Gasteiger partial charge in [0, 0.05) is 12.6 Å².